The number of ether oxygens (including phenoxy) is 1. The predicted molar refractivity (Wildman–Crippen MR) is 97.0 cm³/mol. The molecule has 122 valence electrons. The largest absolute Gasteiger partial charge is 0.465 e. The van der Waals surface area contributed by atoms with E-state index in [1.165, 1.54) is 18.4 Å². The molecule has 7 heteroatoms. The van der Waals surface area contributed by atoms with Crippen LogP contribution >= 0.6 is 23.1 Å². The van der Waals surface area contributed by atoms with Crippen LogP contribution in [0.25, 0.3) is 0 Å². The number of thioether (sulfide) groups is 1. The van der Waals surface area contributed by atoms with Crippen molar-refractivity contribution in [3.8, 4) is 0 Å². The van der Waals surface area contributed by atoms with E-state index < -0.39 is 0 Å². The minimum Gasteiger partial charge on any atom is -0.465 e. The molecular weight excluding hydrogens is 342 g/mol. The molecular formula is C17H15N3O2S2. The highest BCUT2D eigenvalue weighted by atomic mass is 32.2. The number of nitrogens with zero attached hydrogens (tertiary/aromatic N) is 2. The van der Waals surface area contributed by atoms with Crippen molar-refractivity contribution in [1.29, 1.82) is 0 Å². The molecule has 2 aromatic carbocycles. The smallest absolute Gasteiger partial charge is 0.337 e. The van der Waals surface area contributed by atoms with Crippen LogP contribution in [-0.2, 0) is 10.5 Å². The van der Waals surface area contributed by atoms with E-state index in [0.717, 1.165) is 20.7 Å². The molecule has 3 aromatic rings. The Morgan fingerprint density at radius 1 is 1.17 bits per heavy atom. The topological polar surface area (TPSA) is 64.1 Å². The van der Waals surface area contributed by atoms with Gasteiger partial charge in [0, 0.05) is 11.4 Å². The fourth-order valence-electron chi connectivity index (χ4n) is 2.01. The highest BCUT2D eigenvalue weighted by Gasteiger charge is 2.08. The Kier molecular flexibility index (Phi) is 5.45. The summed E-state index contributed by atoms with van der Waals surface area (Å²) in [6.45, 7) is 0. The van der Waals surface area contributed by atoms with Crippen LogP contribution < -0.4 is 5.32 Å². The zero-order valence-corrected chi connectivity index (χ0v) is 14.6. The Bertz CT molecular complexity index is 821. The van der Waals surface area contributed by atoms with E-state index in [-0.39, 0.29) is 5.97 Å². The Hall–Kier alpha value is -2.38. The van der Waals surface area contributed by atoms with E-state index in [0.29, 0.717) is 11.3 Å². The van der Waals surface area contributed by atoms with Gasteiger partial charge in [-0.15, -0.1) is 10.2 Å². The average Bonchev–Trinajstić information content (AvgIpc) is 3.08. The summed E-state index contributed by atoms with van der Waals surface area (Å²) in [5.74, 6) is 0.386. The second-order valence-electron chi connectivity index (χ2n) is 4.84. The number of carbonyl (C=O) groups excluding carboxylic acids is 1. The molecule has 1 aromatic heterocycles. The third-order valence-electron chi connectivity index (χ3n) is 3.14. The van der Waals surface area contributed by atoms with Gasteiger partial charge >= 0.3 is 5.97 Å². The maximum atomic E-state index is 11.6. The van der Waals surface area contributed by atoms with Crippen LogP contribution in [0.1, 0.15) is 15.9 Å². The molecule has 0 fully saturated rings. The lowest BCUT2D eigenvalue weighted by atomic mass is 10.1. The monoisotopic (exact) mass is 357 g/mol. The first-order valence-corrected chi connectivity index (χ1v) is 9.00. The Balaban J connectivity index is 1.60. The number of rotatable bonds is 6. The van der Waals surface area contributed by atoms with Gasteiger partial charge in [-0.3, -0.25) is 0 Å². The molecule has 24 heavy (non-hydrogen) atoms. The number of para-hydroxylation sites is 1. The second kappa shape index (κ2) is 7.94. The fraction of sp³-hybridized carbons (Fsp3) is 0.118. The lowest BCUT2D eigenvalue weighted by Gasteiger charge is -2.02. The molecule has 0 saturated heterocycles. The predicted octanol–water partition coefficient (Wildman–Crippen LogP) is 4.36. The van der Waals surface area contributed by atoms with Crippen LogP contribution in [0.4, 0.5) is 10.8 Å². The highest BCUT2D eigenvalue weighted by Crippen LogP contribution is 2.30. The highest BCUT2D eigenvalue weighted by molar-refractivity contribution is 8.00. The Morgan fingerprint density at radius 2 is 2.00 bits per heavy atom. The van der Waals surface area contributed by atoms with Gasteiger partial charge in [-0.25, -0.2) is 4.79 Å². The summed E-state index contributed by atoms with van der Waals surface area (Å²) in [7, 11) is 1.38. The first kappa shape index (κ1) is 16.5. The minimum atomic E-state index is -0.327. The molecule has 0 amide bonds. The number of hydrogen-bond donors (Lipinski definition) is 1. The van der Waals surface area contributed by atoms with E-state index >= 15 is 0 Å². The zero-order chi connectivity index (χ0) is 16.8. The summed E-state index contributed by atoms with van der Waals surface area (Å²) in [6, 6.07) is 17.3. The number of esters is 1. The third-order valence-corrected chi connectivity index (χ3v) is 5.19. The molecule has 0 atom stereocenters. The van der Waals surface area contributed by atoms with E-state index in [4.69, 9.17) is 4.74 Å². The zero-order valence-electron chi connectivity index (χ0n) is 12.9. The first-order valence-electron chi connectivity index (χ1n) is 7.20. The number of anilines is 2. The molecule has 0 unspecified atom stereocenters. The molecule has 0 radical (unpaired) electrons. The van der Waals surface area contributed by atoms with Gasteiger partial charge in [0.2, 0.25) is 5.13 Å². The number of hydrogen-bond acceptors (Lipinski definition) is 7. The van der Waals surface area contributed by atoms with E-state index in [1.54, 1.807) is 17.8 Å². The molecule has 0 spiro atoms. The van der Waals surface area contributed by atoms with E-state index in [2.05, 4.69) is 15.5 Å². The summed E-state index contributed by atoms with van der Waals surface area (Å²) >= 11 is 3.09. The molecule has 0 bridgehead atoms. The van der Waals surface area contributed by atoms with E-state index in [1.807, 2.05) is 48.5 Å². The van der Waals surface area contributed by atoms with Crippen LogP contribution in [-0.4, -0.2) is 23.3 Å². The lowest BCUT2D eigenvalue weighted by molar-refractivity contribution is 0.0600. The van der Waals surface area contributed by atoms with Crippen LogP contribution in [0.2, 0.25) is 0 Å². The van der Waals surface area contributed by atoms with Gasteiger partial charge < -0.3 is 10.1 Å². The first-order chi connectivity index (χ1) is 11.7. The minimum absolute atomic E-state index is 0.327. The number of nitrogens with one attached hydrogen (secondary N) is 1. The van der Waals surface area contributed by atoms with Gasteiger partial charge in [0.1, 0.15) is 0 Å². The van der Waals surface area contributed by atoms with Gasteiger partial charge in [0.25, 0.3) is 0 Å². The fourth-order valence-corrected chi connectivity index (χ4v) is 3.73. The van der Waals surface area contributed by atoms with Gasteiger partial charge in [0.05, 0.1) is 12.7 Å². The van der Waals surface area contributed by atoms with Gasteiger partial charge in [-0.05, 0) is 29.8 Å². The van der Waals surface area contributed by atoms with Crippen molar-refractivity contribution < 1.29 is 9.53 Å². The number of methoxy groups -OCH3 is 1. The summed E-state index contributed by atoms with van der Waals surface area (Å²) < 4.78 is 5.61. The number of aromatic nitrogens is 2. The summed E-state index contributed by atoms with van der Waals surface area (Å²) in [6.07, 6.45) is 0. The normalized spacial score (nSPS) is 10.4. The van der Waals surface area contributed by atoms with Crippen molar-refractivity contribution in [2.45, 2.75) is 10.1 Å². The lowest BCUT2D eigenvalue weighted by Crippen LogP contribution is -2.01. The van der Waals surface area contributed by atoms with Crippen molar-refractivity contribution in [3.63, 3.8) is 0 Å². The Morgan fingerprint density at radius 3 is 2.79 bits per heavy atom. The Labute approximate surface area is 148 Å². The van der Waals surface area contributed by atoms with Crippen molar-refractivity contribution in [3.05, 3.63) is 65.7 Å². The number of carbonyl (C=O) groups is 1. The summed E-state index contributed by atoms with van der Waals surface area (Å²) in [4.78, 5) is 11.6. The van der Waals surface area contributed by atoms with Crippen molar-refractivity contribution in [2.75, 3.05) is 12.4 Å². The molecule has 0 aliphatic rings. The van der Waals surface area contributed by atoms with Crippen LogP contribution in [0.3, 0.4) is 0 Å². The average molecular weight is 357 g/mol. The van der Waals surface area contributed by atoms with Crippen LogP contribution in [0.15, 0.2) is 58.9 Å². The maximum absolute atomic E-state index is 11.6. The molecule has 3 rings (SSSR count). The third kappa shape index (κ3) is 4.33. The SMILES string of the molecule is COC(=O)c1cccc(CSc2nnc(Nc3ccccc3)s2)c1. The molecule has 1 heterocycles. The van der Waals surface area contributed by atoms with Gasteiger partial charge in [0.15, 0.2) is 4.34 Å². The van der Waals surface area contributed by atoms with Crippen LogP contribution in [0, 0.1) is 0 Å². The van der Waals surface area contributed by atoms with Gasteiger partial charge in [-0.2, -0.15) is 0 Å². The summed E-state index contributed by atoms with van der Waals surface area (Å²) in [5.41, 5.74) is 2.57. The van der Waals surface area contributed by atoms with Crippen LogP contribution in [0.5, 0.6) is 0 Å². The molecule has 0 saturated carbocycles. The molecule has 1 N–H and O–H groups in total. The quantitative estimate of drug-likeness (QED) is 0.522. The molecule has 5 nitrogen and oxygen atoms in total. The van der Waals surface area contributed by atoms with Crippen molar-refractivity contribution in [1.82, 2.24) is 10.2 Å². The summed E-state index contributed by atoms with van der Waals surface area (Å²) in [5, 5.41) is 12.3. The van der Waals surface area contributed by atoms with E-state index in [9.17, 15) is 4.79 Å². The standard InChI is InChI=1S/C17H15N3O2S2/c1-22-15(21)13-7-5-6-12(10-13)11-23-17-20-19-16(24-17)18-14-8-3-2-4-9-14/h2-10H,11H2,1H3,(H,18,19). The van der Waals surface area contributed by atoms with Gasteiger partial charge in [-0.1, -0.05) is 53.4 Å². The van der Waals surface area contributed by atoms with Crippen molar-refractivity contribution in [2.24, 2.45) is 0 Å². The maximum Gasteiger partial charge on any atom is 0.337 e. The molecule has 0 aliphatic heterocycles. The molecule has 0 aliphatic carbocycles. The second-order valence-corrected chi connectivity index (χ2v) is 7.04. The van der Waals surface area contributed by atoms with Crippen molar-refractivity contribution >= 4 is 39.9 Å². The number of benzene rings is 2.